The lowest BCUT2D eigenvalue weighted by molar-refractivity contribution is 1.81. The van der Waals surface area contributed by atoms with Gasteiger partial charge in [0.25, 0.3) is 0 Å². The topological polar surface area (TPSA) is 0 Å². The van der Waals surface area contributed by atoms with E-state index >= 15 is 0 Å². The fraction of sp³-hybridized carbons (Fsp3) is 0.833. The molecule has 0 heterocycles. The van der Waals surface area contributed by atoms with Crippen LogP contribution in [0.3, 0.4) is 0 Å². The summed E-state index contributed by atoms with van der Waals surface area (Å²) in [5, 5.41) is 0. The first kappa shape index (κ1) is 150. The zero-order valence-electron chi connectivity index (χ0n) is 1.71. The molecule has 0 rings (SSSR count). The average Bonchev–Trinajstić information content (AvgIpc) is 1.00. The third-order valence-electron chi connectivity index (χ3n) is 0. The standard InChI is InChI=1S/C2H5.4CH4/c1-2;;;;/h1H2,2H3;4*1H4/q-1;;;;. The number of rotatable bonds is 0. The van der Waals surface area contributed by atoms with E-state index in [4.69, 9.17) is 0 Å². The summed E-state index contributed by atoms with van der Waals surface area (Å²) in [7, 11) is 0. The van der Waals surface area contributed by atoms with Crippen molar-refractivity contribution >= 4 is 0 Å². The summed E-state index contributed by atoms with van der Waals surface area (Å²) in [5.41, 5.74) is 0. The van der Waals surface area contributed by atoms with Crippen molar-refractivity contribution in [3.63, 3.8) is 0 Å². The largest absolute Gasteiger partial charge is 0.346 e. The molecular formula is C6H21-. The van der Waals surface area contributed by atoms with E-state index in [1.807, 2.05) is 0 Å². The summed E-state index contributed by atoms with van der Waals surface area (Å²) in [6, 6.07) is 0. The Kier molecular flexibility index (Phi) is 0. The molecule has 0 aromatic heterocycles. The van der Waals surface area contributed by atoms with E-state index in [2.05, 4.69) is 6.92 Å². The van der Waals surface area contributed by atoms with Gasteiger partial charge in [0, 0.05) is 0 Å². The van der Waals surface area contributed by atoms with E-state index in [9.17, 15) is 0 Å². The van der Waals surface area contributed by atoms with Crippen LogP contribution in [0.5, 0.6) is 0 Å². The van der Waals surface area contributed by atoms with Gasteiger partial charge >= 0.3 is 0 Å². The predicted molar refractivity (Wildman–Crippen MR) is 38.0 cm³/mol. The Morgan fingerprint density at radius 2 is 0.667 bits per heavy atom. The minimum atomic E-state index is 0. The van der Waals surface area contributed by atoms with Crippen LogP contribution in [-0.2, 0) is 0 Å². The normalized spacial score (nSPS) is 1.00. The molecule has 0 aliphatic rings. The van der Waals surface area contributed by atoms with Gasteiger partial charge in [0.1, 0.15) is 0 Å². The molecule has 0 atom stereocenters. The maximum absolute atomic E-state index is 3.25. The molecular weight excluding hydrogens is 72.1 g/mol. The Bertz CT molecular complexity index is 0. The molecule has 0 nitrogen and oxygen atoms in total. The second kappa shape index (κ2) is 0. The van der Waals surface area contributed by atoms with Crippen LogP contribution in [-0.4, -0.2) is 0 Å². The lowest BCUT2D eigenvalue weighted by Gasteiger charge is -1.27. The molecule has 0 fully saturated rings. The SMILES string of the molecule is C.C.C.C.[CH2-]C. The van der Waals surface area contributed by atoms with E-state index in [1.54, 1.807) is 6.92 Å². The van der Waals surface area contributed by atoms with Gasteiger partial charge in [-0.1, -0.05) is 29.7 Å². The van der Waals surface area contributed by atoms with Crippen molar-refractivity contribution in [2.45, 2.75) is 36.6 Å². The van der Waals surface area contributed by atoms with Gasteiger partial charge in [-0.3, -0.25) is 0 Å². The Labute approximate surface area is 44.6 Å². The first-order valence-electron chi connectivity index (χ1n) is 0.707. The third kappa shape index (κ3) is 0. The van der Waals surface area contributed by atoms with Crippen molar-refractivity contribution in [1.29, 1.82) is 0 Å². The van der Waals surface area contributed by atoms with Crippen molar-refractivity contribution in [3.8, 4) is 0 Å². The van der Waals surface area contributed by atoms with Crippen molar-refractivity contribution in [2.75, 3.05) is 0 Å². The van der Waals surface area contributed by atoms with E-state index in [-0.39, 0.29) is 29.7 Å². The third-order valence-corrected chi connectivity index (χ3v) is 0. The van der Waals surface area contributed by atoms with Gasteiger partial charge < -0.3 is 6.92 Å². The summed E-state index contributed by atoms with van der Waals surface area (Å²) >= 11 is 0. The summed E-state index contributed by atoms with van der Waals surface area (Å²) < 4.78 is 0. The van der Waals surface area contributed by atoms with Gasteiger partial charge in [0.2, 0.25) is 0 Å². The molecule has 0 aliphatic carbocycles. The van der Waals surface area contributed by atoms with E-state index in [0.717, 1.165) is 0 Å². The highest BCUT2D eigenvalue weighted by Gasteiger charge is 0.733. The number of hydrogen-bond donors (Lipinski definition) is 0. The molecule has 0 aliphatic heterocycles. The highest BCUT2D eigenvalue weighted by Crippen LogP contribution is 1.11. The van der Waals surface area contributed by atoms with E-state index in [0.29, 0.717) is 0 Å². The fourth-order valence-electron chi connectivity index (χ4n) is 0. The molecule has 0 bridgehead atoms. The van der Waals surface area contributed by atoms with Crippen molar-refractivity contribution in [3.05, 3.63) is 6.92 Å². The smallest absolute Gasteiger partial charge is 0.0776 e. The summed E-state index contributed by atoms with van der Waals surface area (Å²) in [4.78, 5) is 0. The number of hydrogen-bond acceptors (Lipinski definition) is 0. The Balaban J connectivity index is -0.000000000833. The van der Waals surface area contributed by atoms with E-state index < -0.39 is 0 Å². The van der Waals surface area contributed by atoms with Crippen LogP contribution in [0.2, 0.25) is 0 Å². The molecule has 0 heteroatoms. The van der Waals surface area contributed by atoms with Crippen LogP contribution >= 0.6 is 0 Å². The monoisotopic (exact) mass is 93.2 g/mol. The predicted octanol–water partition coefficient (Wildman–Crippen LogP) is 3.38. The Hall–Kier alpha value is 0. The summed E-state index contributed by atoms with van der Waals surface area (Å²) in [5.74, 6) is 0. The van der Waals surface area contributed by atoms with Gasteiger partial charge in [-0.25, -0.2) is 0 Å². The van der Waals surface area contributed by atoms with Crippen molar-refractivity contribution in [2.24, 2.45) is 0 Å². The minimum Gasteiger partial charge on any atom is -0.346 e. The lowest BCUT2D eigenvalue weighted by atomic mass is 11.0. The molecule has 0 spiro atoms. The molecule has 0 aromatic rings. The first-order chi connectivity index (χ1) is 1.00. The van der Waals surface area contributed by atoms with Crippen LogP contribution in [0.15, 0.2) is 0 Å². The summed E-state index contributed by atoms with van der Waals surface area (Å²) in [6.45, 7) is 5.00. The maximum Gasteiger partial charge on any atom is -0.0776 e. The molecule has 0 unspecified atom stereocenters. The van der Waals surface area contributed by atoms with Crippen molar-refractivity contribution in [1.82, 2.24) is 0 Å². The van der Waals surface area contributed by atoms with E-state index in [1.165, 1.54) is 0 Å². The van der Waals surface area contributed by atoms with Crippen LogP contribution in [0.25, 0.3) is 0 Å². The summed E-state index contributed by atoms with van der Waals surface area (Å²) in [6.07, 6.45) is 0. The molecule has 46 valence electrons. The minimum absolute atomic E-state index is 0. The maximum atomic E-state index is 3.25. The van der Waals surface area contributed by atoms with Gasteiger partial charge in [-0.2, -0.15) is 6.92 Å². The lowest BCUT2D eigenvalue weighted by Crippen LogP contribution is -0.888. The van der Waals surface area contributed by atoms with Crippen LogP contribution < -0.4 is 0 Å². The van der Waals surface area contributed by atoms with Gasteiger partial charge in [0.05, 0.1) is 0 Å². The van der Waals surface area contributed by atoms with Crippen LogP contribution in [0.4, 0.5) is 0 Å². The van der Waals surface area contributed by atoms with Crippen LogP contribution in [0, 0.1) is 6.92 Å². The second-order valence-corrected chi connectivity index (χ2v) is 0. The fourth-order valence-corrected chi connectivity index (χ4v) is 0. The molecule has 0 radical (unpaired) electrons. The highest BCUT2D eigenvalue weighted by molar-refractivity contribution is 3.94. The van der Waals surface area contributed by atoms with Gasteiger partial charge in [-0.15, -0.1) is 0 Å². The van der Waals surface area contributed by atoms with Gasteiger partial charge in [0.15, 0.2) is 0 Å². The second-order valence-electron chi connectivity index (χ2n) is 0. The average molecular weight is 93.2 g/mol. The Morgan fingerprint density at radius 1 is 0.667 bits per heavy atom. The Morgan fingerprint density at radius 3 is 0.667 bits per heavy atom. The molecule has 0 saturated heterocycles. The quantitative estimate of drug-likeness (QED) is 0.403. The molecule has 0 aromatic carbocycles. The molecule has 0 amide bonds. The zero-order chi connectivity index (χ0) is 2.00. The molecule has 0 saturated carbocycles. The highest BCUT2D eigenvalue weighted by atomic mass is 13.0. The molecule has 6 heavy (non-hydrogen) atoms. The first-order valence-corrected chi connectivity index (χ1v) is 0.707. The zero-order valence-corrected chi connectivity index (χ0v) is 1.71. The van der Waals surface area contributed by atoms with Crippen molar-refractivity contribution < 1.29 is 0 Å². The van der Waals surface area contributed by atoms with Gasteiger partial charge in [-0.05, 0) is 0 Å². The van der Waals surface area contributed by atoms with Crippen LogP contribution in [0.1, 0.15) is 36.6 Å². The molecule has 0 N–H and O–H groups in total.